The highest BCUT2D eigenvalue weighted by Gasteiger charge is 2.00. The smallest absolute Gasteiger partial charge is 0.0449 e. The standard InChI is InChI=1S/C15H12N2/c1-2-4-15(5-3-1)17-11-8-14(12-17)13-6-9-16-10-7-13/h1-12H. The minimum Gasteiger partial charge on any atom is -0.323 e. The maximum atomic E-state index is 4.03. The van der Waals surface area contributed by atoms with Crippen LogP contribution in [-0.2, 0) is 0 Å². The topological polar surface area (TPSA) is 17.8 Å². The summed E-state index contributed by atoms with van der Waals surface area (Å²) in [6.45, 7) is 0. The molecule has 0 aliphatic heterocycles. The number of nitrogens with zero attached hydrogens (tertiary/aromatic N) is 2. The van der Waals surface area contributed by atoms with Gasteiger partial charge in [-0.15, -0.1) is 0 Å². The molecule has 2 heterocycles. The Morgan fingerprint density at radius 3 is 2.29 bits per heavy atom. The third-order valence-corrected chi connectivity index (χ3v) is 2.76. The SMILES string of the molecule is c1ccc(-n2ccc(-c3ccncc3)c2)cc1. The summed E-state index contributed by atoms with van der Waals surface area (Å²) in [5, 5.41) is 0. The second kappa shape index (κ2) is 4.26. The van der Waals surface area contributed by atoms with Crippen LogP contribution in [0.2, 0.25) is 0 Å². The van der Waals surface area contributed by atoms with E-state index in [1.807, 2.05) is 42.7 Å². The van der Waals surface area contributed by atoms with Crippen LogP contribution in [0.25, 0.3) is 16.8 Å². The fraction of sp³-hybridized carbons (Fsp3) is 0. The van der Waals surface area contributed by atoms with Gasteiger partial charge in [-0.1, -0.05) is 18.2 Å². The Morgan fingerprint density at radius 1 is 0.765 bits per heavy atom. The Hall–Kier alpha value is -2.35. The van der Waals surface area contributed by atoms with E-state index in [2.05, 4.69) is 40.1 Å². The van der Waals surface area contributed by atoms with Crippen molar-refractivity contribution in [2.75, 3.05) is 0 Å². The number of hydrogen-bond acceptors (Lipinski definition) is 1. The van der Waals surface area contributed by atoms with Crippen molar-refractivity contribution >= 4 is 0 Å². The molecule has 3 rings (SSSR count). The Balaban J connectivity index is 1.99. The van der Waals surface area contributed by atoms with Crippen LogP contribution in [-0.4, -0.2) is 9.55 Å². The van der Waals surface area contributed by atoms with Crippen molar-refractivity contribution in [1.82, 2.24) is 9.55 Å². The molecule has 2 heteroatoms. The fourth-order valence-electron chi connectivity index (χ4n) is 1.87. The summed E-state index contributed by atoms with van der Waals surface area (Å²) in [5.74, 6) is 0. The first kappa shape index (κ1) is 9.85. The Kier molecular flexibility index (Phi) is 2.47. The summed E-state index contributed by atoms with van der Waals surface area (Å²) in [6.07, 6.45) is 7.83. The number of aromatic nitrogens is 2. The molecular weight excluding hydrogens is 208 g/mol. The summed E-state index contributed by atoms with van der Waals surface area (Å²) in [4.78, 5) is 4.03. The second-order valence-electron chi connectivity index (χ2n) is 3.88. The number of rotatable bonds is 2. The molecule has 0 N–H and O–H groups in total. The van der Waals surface area contributed by atoms with E-state index in [1.54, 1.807) is 0 Å². The van der Waals surface area contributed by atoms with Crippen molar-refractivity contribution in [3.63, 3.8) is 0 Å². The summed E-state index contributed by atoms with van der Waals surface area (Å²) < 4.78 is 2.12. The molecule has 3 aromatic rings. The first-order valence-corrected chi connectivity index (χ1v) is 5.57. The lowest BCUT2D eigenvalue weighted by Crippen LogP contribution is -1.87. The highest BCUT2D eigenvalue weighted by atomic mass is 14.9. The Morgan fingerprint density at radius 2 is 1.53 bits per heavy atom. The Labute approximate surface area is 100 Å². The maximum absolute atomic E-state index is 4.03. The summed E-state index contributed by atoms with van der Waals surface area (Å²) in [5.41, 5.74) is 3.57. The van der Waals surface area contributed by atoms with Crippen molar-refractivity contribution in [3.8, 4) is 16.8 Å². The van der Waals surface area contributed by atoms with Gasteiger partial charge >= 0.3 is 0 Å². The predicted octanol–water partition coefficient (Wildman–Crippen LogP) is 3.54. The molecule has 0 saturated carbocycles. The maximum Gasteiger partial charge on any atom is 0.0449 e. The summed E-state index contributed by atoms with van der Waals surface area (Å²) in [7, 11) is 0. The van der Waals surface area contributed by atoms with Crippen LogP contribution in [0.3, 0.4) is 0 Å². The molecule has 2 nitrogen and oxygen atoms in total. The van der Waals surface area contributed by atoms with Gasteiger partial charge in [0.05, 0.1) is 0 Å². The predicted molar refractivity (Wildman–Crippen MR) is 69.0 cm³/mol. The van der Waals surface area contributed by atoms with Crippen molar-refractivity contribution in [2.24, 2.45) is 0 Å². The number of benzene rings is 1. The average molecular weight is 220 g/mol. The fourth-order valence-corrected chi connectivity index (χ4v) is 1.87. The van der Waals surface area contributed by atoms with E-state index in [-0.39, 0.29) is 0 Å². The van der Waals surface area contributed by atoms with Crippen LogP contribution in [0.5, 0.6) is 0 Å². The Bertz CT molecular complexity index is 543. The van der Waals surface area contributed by atoms with Crippen LogP contribution in [0.1, 0.15) is 0 Å². The van der Waals surface area contributed by atoms with E-state index >= 15 is 0 Å². The van der Waals surface area contributed by atoms with Gasteiger partial charge in [-0.2, -0.15) is 0 Å². The van der Waals surface area contributed by atoms with Gasteiger partial charge in [0.1, 0.15) is 0 Å². The monoisotopic (exact) mass is 220 g/mol. The number of hydrogen-bond donors (Lipinski definition) is 0. The van der Waals surface area contributed by atoms with Crippen molar-refractivity contribution in [3.05, 3.63) is 73.3 Å². The largest absolute Gasteiger partial charge is 0.323 e. The van der Waals surface area contributed by atoms with Crippen molar-refractivity contribution < 1.29 is 0 Å². The van der Waals surface area contributed by atoms with Gasteiger partial charge in [-0.05, 0) is 41.5 Å². The van der Waals surface area contributed by atoms with Crippen LogP contribution in [0.15, 0.2) is 73.3 Å². The zero-order valence-corrected chi connectivity index (χ0v) is 9.32. The lowest BCUT2D eigenvalue weighted by molar-refractivity contribution is 1.08. The molecule has 2 aromatic heterocycles. The molecule has 0 spiro atoms. The van der Waals surface area contributed by atoms with Gasteiger partial charge < -0.3 is 4.57 Å². The lowest BCUT2D eigenvalue weighted by Gasteiger charge is -2.01. The van der Waals surface area contributed by atoms with Crippen molar-refractivity contribution in [2.45, 2.75) is 0 Å². The van der Waals surface area contributed by atoms with E-state index in [1.165, 1.54) is 16.8 Å². The van der Waals surface area contributed by atoms with Crippen LogP contribution < -0.4 is 0 Å². The van der Waals surface area contributed by atoms with E-state index in [0.29, 0.717) is 0 Å². The molecule has 0 aliphatic carbocycles. The minimum absolute atomic E-state index is 1.17. The number of pyridine rings is 1. The molecule has 0 saturated heterocycles. The second-order valence-corrected chi connectivity index (χ2v) is 3.88. The zero-order chi connectivity index (χ0) is 11.5. The van der Waals surface area contributed by atoms with Crippen molar-refractivity contribution in [1.29, 1.82) is 0 Å². The van der Waals surface area contributed by atoms with Crippen LogP contribution in [0.4, 0.5) is 0 Å². The third-order valence-electron chi connectivity index (χ3n) is 2.76. The summed E-state index contributed by atoms with van der Waals surface area (Å²) in [6, 6.07) is 16.4. The molecule has 82 valence electrons. The number of para-hydroxylation sites is 1. The van der Waals surface area contributed by atoms with E-state index in [0.717, 1.165) is 0 Å². The van der Waals surface area contributed by atoms with Gasteiger partial charge in [-0.25, -0.2) is 0 Å². The van der Waals surface area contributed by atoms with E-state index < -0.39 is 0 Å². The van der Waals surface area contributed by atoms with Gasteiger partial charge in [0.2, 0.25) is 0 Å². The zero-order valence-electron chi connectivity index (χ0n) is 9.32. The van der Waals surface area contributed by atoms with Gasteiger partial charge in [0.25, 0.3) is 0 Å². The minimum atomic E-state index is 1.17. The quantitative estimate of drug-likeness (QED) is 0.646. The first-order chi connectivity index (χ1) is 8.43. The lowest BCUT2D eigenvalue weighted by atomic mass is 10.1. The molecule has 0 aliphatic rings. The molecule has 17 heavy (non-hydrogen) atoms. The van der Waals surface area contributed by atoms with Crippen LogP contribution in [0, 0.1) is 0 Å². The highest BCUT2D eigenvalue weighted by molar-refractivity contribution is 5.62. The molecule has 0 unspecified atom stereocenters. The molecule has 0 bridgehead atoms. The summed E-state index contributed by atoms with van der Waals surface area (Å²) >= 11 is 0. The van der Waals surface area contributed by atoms with Gasteiger partial charge in [0.15, 0.2) is 0 Å². The molecular formula is C15H12N2. The molecule has 0 amide bonds. The third kappa shape index (κ3) is 1.97. The highest BCUT2D eigenvalue weighted by Crippen LogP contribution is 2.20. The van der Waals surface area contributed by atoms with Gasteiger partial charge in [0, 0.05) is 30.5 Å². The first-order valence-electron chi connectivity index (χ1n) is 5.57. The average Bonchev–Trinajstić information content (AvgIpc) is 2.90. The van der Waals surface area contributed by atoms with E-state index in [9.17, 15) is 0 Å². The van der Waals surface area contributed by atoms with Crippen LogP contribution >= 0.6 is 0 Å². The van der Waals surface area contributed by atoms with E-state index in [4.69, 9.17) is 0 Å². The molecule has 0 fully saturated rings. The molecule has 1 aromatic carbocycles. The van der Waals surface area contributed by atoms with Gasteiger partial charge in [-0.3, -0.25) is 4.98 Å². The molecule has 0 radical (unpaired) electrons. The molecule has 0 atom stereocenters. The normalized spacial score (nSPS) is 10.4.